The summed E-state index contributed by atoms with van der Waals surface area (Å²) >= 11 is 0. The zero-order valence-corrected chi connectivity index (χ0v) is 33.5. The smallest absolute Gasteiger partial charge is 0.118 e. The van der Waals surface area contributed by atoms with Gasteiger partial charge in [0.05, 0.1) is 30.4 Å². The van der Waals surface area contributed by atoms with Crippen molar-refractivity contribution in [1.82, 2.24) is 0 Å². The highest BCUT2D eigenvalue weighted by molar-refractivity contribution is 6.89. The number of ether oxygens (including phenoxy) is 2. The van der Waals surface area contributed by atoms with Crippen molar-refractivity contribution in [2.75, 3.05) is 14.2 Å². The molecule has 0 amide bonds. The average Bonchev–Trinajstić information content (AvgIpc) is 3.16. The maximum atomic E-state index is 5.57. The second kappa shape index (κ2) is 12.8. The van der Waals surface area contributed by atoms with Gasteiger partial charge in [-0.25, -0.2) is 0 Å². The van der Waals surface area contributed by atoms with Gasteiger partial charge in [0, 0.05) is 0 Å². The lowest BCUT2D eigenvalue weighted by Gasteiger charge is -2.22. The third-order valence-electron chi connectivity index (χ3n) is 10.8. The first kappa shape index (κ1) is 33.9. The molecule has 8 aromatic rings. The monoisotopic (exact) mass is 710 g/mol. The van der Waals surface area contributed by atoms with Crippen LogP contribution in [0.15, 0.2) is 133 Å². The first-order valence-electron chi connectivity index (χ1n) is 18.2. The van der Waals surface area contributed by atoms with Gasteiger partial charge in [0.2, 0.25) is 0 Å². The molecule has 8 rings (SSSR count). The van der Waals surface area contributed by atoms with Crippen molar-refractivity contribution in [2.24, 2.45) is 0 Å². The topological polar surface area (TPSA) is 18.5 Å². The van der Waals surface area contributed by atoms with E-state index < -0.39 is 16.1 Å². The first-order chi connectivity index (χ1) is 24.9. The zero-order chi connectivity index (χ0) is 36.4. The van der Waals surface area contributed by atoms with E-state index in [2.05, 4.69) is 173 Å². The lowest BCUT2D eigenvalue weighted by Crippen LogP contribution is -2.37. The van der Waals surface area contributed by atoms with Crippen LogP contribution in [0.1, 0.15) is 0 Å². The number of rotatable bonds is 8. The highest BCUT2D eigenvalue weighted by Crippen LogP contribution is 2.48. The molecule has 0 aromatic heterocycles. The zero-order valence-electron chi connectivity index (χ0n) is 31.5. The van der Waals surface area contributed by atoms with Crippen LogP contribution < -0.4 is 19.8 Å². The van der Waals surface area contributed by atoms with E-state index in [0.29, 0.717) is 0 Å². The van der Waals surface area contributed by atoms with Crippen LogP contribution in [-0.4, -0.2) is 30.4 Å². The summed E-state index contributed by atoms with van der Waals surface area (Å²) in [7, 11) is 0.550. The Balaban J connectivity index is 1.49. The van der Waals surface area contributed by atoms with Crippen molar-refractivity contribution in [1.29, 1.82) is 0 Å². The van der Waals surface area contributed by atoms with Crippen molar-refractivity contribution < 1.29 is 9.47 Å². The van der Waals surface area contributed by atoms with Gasteiger partial charge in [0.1, 0.15) is 11.5 Å². The predicted molar refractivity (Wildman–Crippen MR) is 231 cm³/mol. The third kappa shape index (κ3) is 5.90. The van der Waals surface area contributed by atoms with E-state index in [4.69, 9.17) is 9.47 Å². The van der Waals surface area contributed by atoms with E-state index in [-0.39, 0.29) is 0 Å². The van der Waals surface area contributed by atoms with E-state index in [0.717, 1.165) is 11.5 Å². The minimum absolute atomic E-state index is 0.859. The summed E-state index contributed by atoms with van der Waals surface area (Å²) in [5.74, 6) is 1.72. The fourth-order valence-electron chi connectivity index (χ4n) is 7.79. The molecule has 0 atom stereocenters. The van der Waals surface area contributed by atoms with Crippen molar-refractivity contribution in [3.63, 3.8) is 0 Å². The summed E-state index contributed by atoms with van der Waals surface area (Å²) in [5, 5.41) is 10.6. The summed E-state index contributed by atoms with van der Waals surface area (Å²) < 4.78 is 11.1. The third-order valence-corrected chi connectivity index (χ3v) is 15.0. The van der Waals surface area contributed by atoms with Gasteiger partial charge in [-0.15, -0.1) is 0 Å². The molecule has 0 fully saturated rings. The Morgan fingerprint density at radius 1 is 0.327 bits per heavy atom. The predicted octanol–water partition coefficient (Wildman–Crippen LogP) is 12.4. The minimum atomic E-state index is -1.45. The van der Waals surface area contributed by atoms with Crippen molar-refractivity contribution in [3.8, 4) is 56.0 Å². The Bertz CT molecular complexity index is 2370. The molecule has 4 heteroatoms. The second-order valence-corrected chi connectivity index (χ2v) is 26.3. The number of methoxy groups -OCH3 is 2. The lowest BCUT2D eigenvalue weighted by atomic mass is 9.82. The Morgan fingerprint density at radius 2 is 0.577 bits per heavy atom. The highest BCUT2D eigenvalue weighted by atomic mass is 28.3. The molecule has 258 valence electrons. The summed E-state index contributed by atoms with van der Waals surface area (Å²) in [6, 6.07) is 50.1. The minimum Gasteiger partial charge on any atom is -0.497 e. The molecule has 0 saturated heterocycles. The van der Waals surface area contributed by atoms with Gasteiger partial charge in [-0.05, 0) is 113 Å². The molecule has 2 nitrogen and oxygen atoms in total. The molecule has 0 spiro atoms. The van der Waals surface area contributed by atoms with E-state index in [1.54, 1.807) is 14.2 Å². The lowest BCUT2D eigenvalue weighted by molar-refractivity contribution is 0.415. The van der Waals surface area contributed by atoms with Crippen molar-refractivity contribution in [2.45, 2.75) is 39.3 Å². The maximum Gasteiger partial charge on any atom is 0.118 e. The molecule has 8 aromatic carbocycles. The van der Waals surface area contributed by atoms with Crippen molar-refractivity contribution >= 4 is 58.8 Å². The van der Waals surface area contributed by atoms with Crippen LogP contribution in [0.5, 0.6) is 11.5 Å². The van der Waals surface area contributed by atoms with E-state index in [1.807, 2.05) is 0 Å². The second-order valence-electron chi connectivity index (χ2n) is 16.1. The van der Waals surface area contributed by atoms with E-state index in [9.17, 15) is 0 Å². The van der Waals surface area contributed by atoms with Gasteiger partial charge in [-0.2, -0.15) is 0 Å². The highest BCUT2D eigenvalue weighted by Gasteiger charge is 2.23. The van der Waals surface area contributed by atoms with Gasteiger partial charge >= 0.3 is 0 Å². The number of benzene rings is 8. The molecular weight excluding hydrogens is 665 g/mol. The maximum absolute atomic E-state index is 5.57. The Morgan fingerprint density at radius 3 is 0.808 bits per heavy atom. The van der Waals surface area contributed by atoms with Crippen LogP contribution in [0.25, 0.3) is 76.8 Å². The number of hydrogen-bond donors (Lipinski definition) is 0. The largest absolute Gasteiger partial charge is 0.497 e. The molecule has 0 aliphatic heterocycles. The van der Waals surface area contributed by atoms with Gasteiger partial charge in [-0.1, -0.05) is 147 Å². The molecule has 52 heavy (non-hydrogen) atoms. The average molecular weight is 711 g/mol. The fraction of sp³-hybridized carbons (Fsp3) is 0.167. The first-order valence-corrected chi connectivity index (χ1v) is 25.2. The van der Waals surface area contributed by atoms with E-state index in [1.165, 1.54) is 87.2 Å². The number of hydrogen-bond acceptors (Lipinski definition) is 2. The fourth-order valence-corrected chi connectivity index (χ4v) is 10.1. The Labute approximate surface area is 310 Å². The van der Waals surface area contributed by atoms with Gasteiger partial charge in [-0.3, -0.25) is 0 Å². The van der Waals surface area contributed by atoms with Crippen LogP contribution in [-0.2, 0) is 0 Å². The quantitative estimate of drug-likeness (QED) is 0.115. The Hall–Kier alpha value is -5.17. The van der Waals surface area contributed by atoms with Gasteiger partial charge in [0.15, 0.2) is 0 Å². The molecule has 0 bridgehead atoms. The molecule has 0 radical (unpaired) electrons. The van der Waals surface area contributed by atoms with Crippen LogP contribution in [0.4, 0.5) is 0 Å². The standard InChI is InChI=1S/C48H46O2Si2/c1-49-35-17-9-31(10-18-35)43-29-45(33-13-21-37(22-14-33)51(3,4)5)41-28-26-40-44(32-11-19-36(50-2)20-12-32)30-46(42-27-25-39(43)47(41)48(40)42)34-15-23-38(24-16-34)52(6,7)8/h9-30H,1-8H3. The van der Waals surface area contributed by atoms with Crippen LogP contribution in [0.2, 0.25) is 39.3 Å². The molecule has 0 heterocycles. The van der Waals surface area contributed by atoms with Crippen molar-refractivity contribution in [3.05, 3.63) is 133 Å². The normalized spacial score (nSPS) is 12.2. The summed E-state index contributed by atoms with van der Waals surface area (Å²) in [5.41, 5.74) is 9.80. The van der Waals surface area contributed by atoms with Gasteiger partial charge in [0.25, 0.3) is 0 Å². The molecule has 0 aliphatic rings. The summed E-state index contributed by atoms with van der Waals surface area (Å²) in [6.45, 7) is 14.5. The molecular formula is C48H46O2Si2. The molecule has 0 N–H and O–H groups in total. The Kier molecular flexibility index (Phi) is 8.36. The summed E-state index contributed by atoms with van der Waals surface area (Å²) in [4.78, 5) is 0. The van der Waals surface area contributed by atoms with Crippen LogP contribution in [0, 0.1) is 0 Å². The molecule has 0 aliphatic carbocycles. The molecule has 0 unspecified atom stereocenters. The summed E-state index contributed by atoms with van der Waals surface area (Å²) in [6.07, 6.45) is 0. The molecule has 0 saturated carbocycles. The van der Waals surface area contributed by atoms with Crippen LogP contribution >= 0.6 is 0 Å². The van der Waals surface area contributed by atoms with Gasteiger partial charge < -0.3 is 9.47 Å². The van der Waals surface area contributed by atoms with Crippen LogP contribution in [0.3, 0.4) is 0 Å². The van der Waals surface area contributed by atoms with E-state index >= 15 is 0 Å². The SMILES string of the molecule is COc1ccc(-c2cc(-c3ccc([Si](C)(C)C)cc3)c3ccc4c(-c5ccc(OC)cc5)cc(-c5ccc([Si](C)(C)C)cc5)c5ccc2c3c45)cc1.